The van der Waals surface area contributed by atoms with E-state index in [1.807, 2.05) is 0 Å². The van der Waals surface area contributed by atoms with Gasteiger partial charge >= 0.3 is 0 Å². The number of allylic oxidation sites excluding steroid dienone is 3. The van der Waals surface area contributed by atoms with Crippen molar-refractivity contribution in [1.29, 1.82) is 0 Å². The van der Waals surface area contributed by atoms with E-state index in [4.69, 9.17) is 0 Å². The average Bonchev–Trinajstić information content (AvgIpc) is 2.86. The van der Waals surface area contributed by atoms with E-state index in [0.29, 0.717) is 12.8 Å². The number of rotatable bonds is 5. The van der Waals surface area contributed by atoms with E-state index in [2.05, 4.69) is 0 Å². The lowest BCUT2D eigenvalue weighted by Gasteiger charge is -2.00. The van der Waals surface area contributed by atoms with Crippen molar-refractivity contribution in [2.45, 2.75) is 26.2 Å². The van der Waals surface area contributed by atoms with E-state index in [9.17, 15) is 17.6 Å². The summed E-state index contributed by atoms with van der Waals surface area (Å²) in [5.41, 5.74) is 0. The van der Waals surface area contributed by atoms with Crippen LogP contribution in [0.3, 0.4) is 0 Å². The SMILES string of the molecule is CCCC/C(F)=C(F)/C(F)=C(\F)c1cccs1. The van der Waals surface area contributed by atoms with Gasteiger partial charge in [0.25, 0.3) is 0 Å². The second-order valence-electron chi connectivity index (χ2n) is 3.43. The Kier molecular flexibility index (Phi) is 5.41. The Hall–Kier alpha value is -1.10. The summed E-state index contributed by atoms with van der Waals surface area (Å²) in [6, 6.07) is 2.80. The van der Waals surface area contributed by atoms with Gasteiger partial charge < -0.3 is 0 Å². The zero-order valence-corrected chi connectivity index (χ0v) is 10.1. The van der Waals surface area contributed by atoms with Crippen LogP contribution in [0.5, 0.6) is 0 Å². The molecule has 0 nitrogen and oxygen atoms in total. The molecule has 5 heteroatoms. The van der Waals surface area contributed by atoms with Crippen molar-refractivity contribution in [3.63, 3.8) is 0 Å². The second-order valence-corrected chi connectivity index (χ2v) is 4.38. The van der Waals surface area contributed by atoms with Crippen LogP contribution >= 0.6 is 11.3 Å². The molecule has 0 spiro atoms. The highest BCUT2D eigenvalue weighted by molar-refractivity contribution is 7.11. The van der Waals surface area contributed by atoms with E-state index in [0.717, 1.165) is 11.3 Å². The minimum atomic E-state index is -1.76. The Morgan fingerprint density at radius 2 is 1.88 bits per heavy atom. The monoisotopic (exact) mass is 264 g/mol. The molecule has 0 aromatic carbocycles. The van der Waals surface area contributed by atoms with Gasteiger partial charge in [0.1, 0.15) is 5.83 Å². The van der Waals surface area contributed by atoms with E-state index in [1.54, 1.807) is 6.92 Å². The molecule has 0 aliphatic carbocycles. The molecule has 0 atom stereocenters. The normalized spacial score (nSPS) is 14.4. The summed E-state index contributed by atoms with van der Waals surface area (Å²) < 4.78 is 52.9. The molecule has 94 valence electrons. The van der Waals surface area contributed by atoms with Gasteiger partial charge in [0, 0.05) is 6.42 Å². The van der Waals surface area contributed by atoms with Gasteiger partial charge in [0.15, 0.2) is 17.5 Å². The maximum Gasteiger partial charge on any atom is 0.198 e. The molecule has 1 aromatic heterocycles. The molecule has 0 aliphatic rings. The van der Waals surface area contributed by atoms with Crippen LogP contribution in [0.1, 0.15) is 31.1 Å². The van der Waals surface area contributed by atoms with Gasteiger partial charge in [-0.25, -0.2) is 17.6 Å². The van der Waals surface area contributed by atoms with Crippen LogP contribution in [0.4, 0.5) is 17.6 Å². The molecule has 0 aliphatic heterocycles. The maximum absolute atomic E-state index is 13.4. The summed E-state index contributed by atoms with van der Waals surface area (Å²) in [6.07, 6.45) is 0.833. The fraction of sp³-hybridized carbons (Fsp3) is 0.333. The number of unbranched alkanes of at least 4 members (excludes halogenated alkanes) is 1. The number of hydrogen-bond acceptors (Lipinski definition) is 1. The predicted molar refractivity (Wildman–Crippen MR) is 62.2 cm³/mol. The second kappa shape index (κ2) is 6.59. The summed E-state index contributed by atoms with van der Waals surface area (Å²) in [6.45, 7) is 1.80. The minimum Gasteiger partial charge on any atom is -0.208 e. The Labute approximate surface area is 101 Å². The fourth-order valence-corrected chi connectivity index (χ4v) is 1.82. The third kappa shape index (κ3) is 3.70. The van der Waals surface area contributed by atoms with Gasteiger partial charge in [-0.15, -0.1) is 11.3 Å². The Morgan fingerprint density at radius 1 is 1.18 bits per heavy atom. The molecule has 17 heavy (non-hydrogen) atoms. The van der Waals surface area contributed by atoms with Gasteiger partial charge in [0.05, 0.1) is 4.88 Å². The highest BCUT2D eigenvalue weighted by atomic mass is 32.1. The topological polar surface area (TPSA) is 0 Å². The lowest BCUT2D eigenvalue weighted by molar-refractivity contribution is 0.466. The number of halogens is 4. The molecule has 0 bridgehead atoms. The first-order chi connectivity index (χ1) is 8.07. The molecular formula is C12H12F4S. The smallest absolute Gasteiger partial charge is 0.198 e. The summed E-state index contributed by atoms with van der Waals surface area (Å²) in [4.78, 5) is -0.0547. The molecule has 0 saturated carbocycles. The molecular weight excluding hydrogens is 252 g/mol. The van der Waals surface area contributed by atoms with Crippen molar-refractivity contribution in [3.05, 3.63) is 39.9 Å². The van der Waals surface area contributed by atoms with Crippen LogP contribution in [-0.4, -0.2) is 0 Å². The van der Waals surface area contributed by atoms with Gasteiger partial charge in [-0.2, -0.15) is 0 Å². The number of hydrogen-bond donors (Lipinski definition) is 0. The molecule has 1 rings (SSSR count). The largest absolute Gasteiger partial charge is 0.208 e. The molecule has 0 amide bonds. The Morgan fingerprint density at radius 3 is 2.41 bits per heavy atom. The molecule has 1 aromatic rings. The summed E-state index contributed by atoms with van der Waals surface area (Å²) in [5, 5.41) is 1.53. The lowest BCUT2D eigenvalue weighted by atomic mass is 10.2. The molecule has 0 saturated heterocycles. The van der Waals surface area contributed by atoms with E-state index in [1.165, 1.54) is 17.5 Å². The van der Waals surface area contributed by atoms with Gasteiger partial charge in [-0.05, 0) is 17.9 Å². The Bertz CT molecular complexity index is 418. The van der Waals surface area contributed by atoms with Crippen molar-refractivity contribution in [2.75, 3.05) is 0 Å². The van der Waals surface area contributed by atoms with E-state index >= 15 is 0 Å². The van der Waals surface area contributed by atoms with Crippen molar-refractivity contribution >= 4 is 17.2 Å². The third-order valence-corrected chi connectivity index (χ3v) is 2.97. The van der Waals surface area contributed by atoms with E-state index < -0.39 is 23.3 Å². The first-order valence-corrected chi connectivity index (χ1v) is 6.09. The zero-order chi connectivity index (χ0) is 12.8. The molecule has 0 N–H and O–H groups in total. The Balaban J connectivity index is 2.95. The van der Waals surface area contributed by atoms with Gasteiger partial charge in [0.2, 0.25) is 0 Å². The molecule has 0 fully saturated rings. The first kappa shape index (κ1) is 14.0. The fourth-order valence-electron chi connectivity index (χ4n) is 1.17. The van der Waals surface area contributed by atoms with Crippen molar-refractivity contribution < 1.29 is 17.6 Å². The lowest BCUT2D eigenvalue weighted by Crippen LogP contribution is -1.86. The minimum absolute atomic E-state index is 0.0547. The molecule has 1 heterocycles. The quantitative estimate of drug-likeness (QED) is 0.473. The first-order valence-electron chi connectivity index (χ1n) is 5.21. The molecule has 0 unspecified atom stereocenters. The van der Waals surface area contributed by atoms with Crippen molar-refractivity contribution in [2.24, 2.45) is 0 Å². The van der Waals surface area contributed by atoms with Crippen LogP contribution in [0, 0.1) is 0 Å². The zero-order valence-electron chi connectivity index (χ0n) is 9.27. The van der Waals surface area contributed by atoms with Gasteiger partial charge in [-0.3, -0.25) is 0 Å². The van der Waals surface area contributed by atoms with Crippen LogP contribution in [-0.2, 0) is 0 Å². The van der Waals surface area contributed by atoms with Crippen LogP contribution in [0.2, 0.25) is 0 Å². The third-order valence-electron chi connectivity index (χ3n) is 2.11. The predicted octanol–water partition coefficient (Wildman–Crippen LogP) is 5.70. The average molecular weight is 264 g/mol. The summed E-state index contributed by atoms with van der Waals surface area (Å²) in [7, 11) is 0. The van der Waals surface area contributed by atoms with E-state index in [-0.39, 0.29) is 11.3 Å². The highest BCUT2D eigenvalue weighted by Gasteiger charge is 2.18. The van der Waals surface area contributed by atoms with Crippen molar-refractivity contribution in [1.82, 2.24) is 0 Å². The standard InChI is InChI=1S/C12H12F4S/c1-2-3-5-8(13)10(14)12(16)11(15)9-6-4-7-17-9/h4,6-7H,2-3,5H2,1H3/b10-8+,12-11+. The maximum atomic E-state index is 13.4. The van der Waals surface area contributed by atoms with Crippen LogP contribution in [0.25, 0.3) is 5.83 Å². The van der Waals surface area contributed by atoms with Gasteiger partial charge in [-0.1, -0.05) is 19.4 Å². The molecule has 0 radical (unpaired) electrons. The summed E-state index contributed by atoms with van der Waals surface area (Å²) in [5.74, 6) is -6.09. The van der Waals surface area contributed by atoms with Crippen molar-refractivity contribution in [3.8, 4) is 0 Å². The summed E-state index contributed by atoms with van der Waals surface area (Å²) >= 11 is 0.922. The highest BCUT2D eigenvalue weighted by Crippen LogP contribution is 2.32. The van der Waals surface area contributed by atoms with Crippen LogP contribution < -0.4 is 0 Å². The van der Waals surface area contributed by atoms with Crippen LogP contribution in [0.15, 0.2) is 35.0 Å². The number of thiophene rings is 1.